The number of aliphatic hydroxyl groups is 2. The van der Waals surface area contributed by atoms with Crippen molar-refractivity contribution in [2.24, 2.45) is 0 Å². The van der Waals surface area contributed by atoms with Crippen LogP contribution in [0.4, 0.5) is 0 Å². The number of hydrogen-bond donors (Lipinski definition) is 4. The van der Waals surface area contributed by atoms with Crippen LogP contribution in [0.3, 0.4) is 0 Å². The van der Waals surface area contributed by atoms with Crippen molar-refractivity contribution in [3.05, 3.63) is 58.2 Å². The number of aromatic amines is 2. The minimum atomic E-state index is -1.20. The maximum absolute atomic E-state index is 10.6. The minimum absolute atomic E-state index is 0.328. The maximum Gasteiger partial charge on any atom is 0.145 e. The van der Waals surface area contributed by atoms with Gasteiger partial charge in [0.25, 0.3) is 0 Å². The topological polar surface area (TPSA) is 97.8 Å². The molecule has 2 atom stereocenters. The fourth-order valence-corrected chi connectivity index (χ4v) is 3.56. The summed E-state index contributed by atoms with van der Waals surface area (Å²) in [6.45, 7) is 7.98. The number of aliphatic hydroxyl groups excluding tert-OH is 2. The lowest BCUT2D eigenvalue weighted by molar-refractivity contribution is 0.00779. The Balaban J connectivity index is 1.73. The third kappa shape index (κ3) is 2.67. The van der Waals surface area contributed by atoms with E-state index in [0.717, 1.165) is 44.3 Å². The molecule has 2 aromatic carbocycles. The number of fused-ring (bicyclic) bond motifs is 2. The third-order valence-electron chi connectivity index (χ3n) is 4.74. The SMILES string of the molecule is Cc1cc(C)c2nc([C@@H](O)[C@@H](O)c3nc4c(C)cc(C)cc4[nH]3)[nH]c2c1. The molecular formula is C20H22N4O2. The summed E-state index contributed by atoms with van der Waals surface area (Å²) in [7, 11) is 0. The average molecular weight is 350 g/mol. The molecule has 2 heterocycles. The van der Waals surface area contributed by atoms with Gasteiger partial charge in [0.1, 0.15) is 23.9 Å². The van der Waals surface area contributed by atoms with E-state index in [0.29, 0.717) is 11.6 Å². The Hall–Kier alpha value is -2.70. The highest BCUT2D eigenvalue weighted by Crippen LogP contribution is 2.30. The summed E-state index contributed by atoms with van der Waals surface area (Å²) >= 11 is 0. The number of hydrogen-bond acceptors (Lipinski definition) is 4. The van der Waals surface area contributed by atoms with Crippen LogP contribution in [-0.4, -0.2) is 30.1 Å². The predicted octanol–water partition coefficient (Wildman–Crippen LogP) is 3.44. The van der Waals surface area contributed by atoms with Crippen LogP contribution in [0.5, 0.6) is 0 Å². The van der Waals surface area contributed by atoms with Crippen LogP contribution < -0.4 is 0 Å². The Kier molecular flexibility index (Phi) is 3.82. The molecule has 4 N–H and O–H groups in total. The van der Waals surface area contributed by atoms with Gasteiger partial charge in [0, 0.05) is 0 Å². The smallest absolute Gasteiger partial charge is 0.145 e. The summed E-state index contributed by atoms with van der Waals surface area (Å²) < 4.78 is 0. The van der Waals surface area contributed by atoms with Crippen molar-refractivity contribution in [3.8, 4) is 0 Å². The molecule has 4 aromatic rings. The molecule has 0 aliphatic rings. The number of H-pyrrole nitrogens is 2. The van der Waals surface area contributed by atoms with Crippen molar-refractivity contribution in [2.45, 2.75) is 39.9 Å². The lowest BCUT2D eigenvalue weighted by Crippen LogP contribution is -2.13. The Morgan fingerprint density at radius 1 is 0.692 bits per heavy atom. The molecule has 134 valence electrons. The van der Waals surface area contributed by atoms with E-state index in [-0.39, 0.29) is 0 Å². The molecule has 4 rings (SSSR count). The zero-order chi connectivity index (χ0) is 18.6. The normalized spacial score (nSPS) is 14.2. The molecule has 0 aliphatic heterocycles. The van der Waals surface area contributed by atoms with Gasteiger partial charge in [-0.2, -0.15) is 0 Å². The van der Waals surface area contributed by atoms with E-state index in [1.807, 2.05) is 52.0 Å². The van der Waals surface area contributed by atoms with Crippen LogP contribution in [0.1, 0.15) is 46.1 Å². The summed E-state index contributed by atoms with van der Waals surface area (Å²) in [5.41, 5.74) is 7.57. The van der Waals surface area contributed by atoms with Crippen LogP contribution in [0.25, 0.3) is 22.1 Å². The van der Waals surface area contributed by atoms with Gasteiger partial charge in [0.05, 0.1) is 22.1 Å². The monoisotopic (exact) mass is 350 g/mol. The molecule has 0 bridgehead atoms. The Bertz CT molecular complexity index is 1040. The molecule has 6 nitrogen and oxygen atoms in total. The quantitative estimate of drug-likeness (QED) is 0.455. The highest BCUT2D eigenvalue weighted by atomic mass is 16.3. The van der Waals surface area contributed by atoms with Crippen molar-refractivity contribution in [2.75, 3.05) is 0 Å². The van der Waals surface area contributed by atoms with Crippen LogP contribution in [0.2, 0.25) is 0 Å². The van der Waals surface area contributed by atoms with Crippen LogP contribution in [0, 0.1) is 27.7 Å². The van der Waals surface area contributed by atoms with E-state index in [4.69, 9.17) is 0 Å². The number of aromatic nitrogens is 4. The largest absolute Gasteiger partial charge is 0.382 e. The zero-order valence-corrected chi connectivity index (χ0v) is 15.3. The molecule has 0 unspecified atom stereocenters. The number of nitrogens with zero attached hydrogens (tertiary/aromatic N) is 2. The third-order valence-corrected chi connectivity index (χ3v) is 4.74. The highest BCUT2D eigenvalue weighted by Gasteiger charge is 2.26. The van der Waals surface area contributed by atoms with Crippen molar-refractivity contribution in [1.82, 2.24) is 19.9 Å². The van der Waals surface area contributed by atoms with Crippen molar-refractivity contribution in [3.63, 3.8) is 0 Å². The molecule has 2 aromatic heterocycles. The molecule has 6 heteroatoms. The van der Waals surface area contributed by atoms with Crippen LogP contribution in [0.15, 0.2) is 24.3 Å². The predicted molar refractivity (Wildman–Crippen MR) is 101 cm³/mol. The first-order valence-electron chi connectivity index (χ1n) is 8.63. The van der Waals surface area contributed by atoms with E-state index in [1.54, 1.807) is 0 Å². The summed E-state index contributed by atoms with van der Waals surface area (Å²) in [6.07, 6.45) is -2.41. The van der Waals surface area contributed by atoms with Gasteiger partial charge in [-0.05, 0) is 62.1 Å². The molecule has 0 saturated carbocycles. The van der Waals surface area contributed by atoms with Gasteiger partial charge >= 0.3 is 0 Å². The van der Waals surface area contributed by atoms with E-state index in [1.165, 1.54) is 0 Å². The van der Waals surface area contributed by atoms with Gasteiger partial charge in [0.2, 0.25) is 0 Å². The molecule has 0 spiro atoms. The van der Waals surface area contributed by atoms with Gasteiger partial charge in [-0.1, -0.05) is 12.1 Å². The standard InChI is InChI=1S/C20H22N4O2/c1-9-5-11(3)15-13(7-9)21-19(23-15)17(25)18(26)20-22-14-8-10(2)6-12(4)16(14)24-20/h5-8,17-18,25-26H,1-4H3,(H,21,23)(H,22,24)/t17-,18+. The summed E-state index contributed by atoms with van der Waals surface area (Å²) in [5.74, 6) is 0.657. The number of imidazole rings is 2. The molecule has 0 radical (unpaired) electrons. The average Bonchev–Trinajstić information content (AvgIpc) is 3.17. The van der Waals surface area contributed by atoms with E-state index in [9.17, 15) is 10.2 Å². The van der Waals surface area contributed by atoms with E-state index < -0.39 is 12.2 Å². The first-order valence-corrected chi connectivity index (χ1v) is 8.63. The van der Waals surface area contributed by atoms with E-state index >= 15 is 0 Å². The summed E-state index contributed by atoms with van der Waals surface area (Å²) in [6, 6.07) is 8.04. The lowest BCUT2D eigenvalue weighted by Gasteiger charge is -2.13. The zero-order valence-electron chi connectivity index (χ0n) is 15.3. The summed E-state index contributed by atoms with van der Waals surface area (Å²) in [5, 5.41) is 21.3. The Labute approximate surface area is 150 Å². The van der Waals surface area contributed by atoms with Gasteiger partial charge < -0.3 is 20.2 Å². The van der Waals surface area contributed by atoms with Gasteiger partial charge in [-0.25, -0.2) is 9.97 Å². The van der Waals surface area contributed by atoms with Crippen LogP contribution >= 0.6 is 0 Å². The number of rotatable bonds is 3. The van der Waals surface area contributed by atoms with Crippen molar-refractivity contribution in [1.29, 1.82) is 0 Å². The van der Waals surface area contributed by atoms with Crippen LogP contribution in [-0.2, 0) is 0 Å². The fraction of sp³-hybridized carbons (Fsp3) is 0.300. The Morgan fingerprint density at radius 2 is 1.08 bits per heavy atom. The summed E-state index contributed by atoms with van der Waals surface area (Å²) in [4.78, 5) is 15.2. The van der Waals surface area contributed by atoms with Gasteiger partial charge in [-0.3, -0.25) is 0 Å². The minimum Gasteiger partial charge on any atom is -0.382 e. The molecule has 26 heavy (non-hydrogen) atoms. The highest BCUT2D eigenvalue weighted by molar-refractivity contribution is 5.80. The first-order chi connectivity index (χ1) is 12.3. The second kappa shape index (κ2) is 5.93. The van der Waals surface area contributed by atoms with Gasteiger partial charge in [0.15, 0.2) is 0 Å². The molecule has 0 fully saturated rings. The maximum atomic E-state index is 10.6. The molecule has 0 saturated heterocycles. The second-order valence-corrected chi connectivity index (χ2v) is 7.09. The molecule has 0 aliphatic carbocycles. The number of aryl methyl sites for hydroxylation is 4. The Morgan fingerprint density at radius 3 is 1.46 bits per heavy atom. The lowest BCUT2D eigenvalue weighted by atomic mass is 10.1. The number of nitrogens with one attached hydrogen (secondary N) is 2. The molecule has 0 amide bonds. The van der Waals surface area contributed by atoms with Gasteiger partial charge in [-0.15, -0.1) is 0 Å². The molecular weight excluding hydrogens is 328 g/mol. The van der Waals surface area contributed by atoms with E-state index in [2.05, 4.69) is 19.9 Å². The van der Waals surface area contributed by atoms with Crippen molar-refractivity contribution < 1.29 is 10.2 Å². The second-order valence-electron chi connectivity index (χ2n) is 7.09. The first kappa shape index (κ1) is 16.8. The number of benzene rings is 2. The van der Waals surface area contributed by atoms with Crippen molar-refractivity contribution >= 4 is 22.1 Å². The fourth-order valence-electron chi connectivity index (χ4n) is 3.56.